The number of methoxy groups -OCH3 is 1. The summed E-state index contributed by atoms with van der Waals surface area (Å²) in [5.74, 6) is 1.15. The van der Waals surface area contributed by atoms with Crippen LogP contribution in [0.15, 0.2) is 47.5 Å². The Morgan fingerprint density at radius 3 is 2.70 bits per heavy atom. The molecule has 0 aliphatic rings. The molecule has 140 valence electrons. The number of H-pyrrole nitrogens is 1. The highest BCUT2D eigenvalue weighted by molar-refractivity contribution is 9.10. The van der Waals surface area contributed by atoms with Gasteiger partial charge in [0, 0.05) is 42.4 Å². The minimum atomic E-state index is -0.516. The molecule has 9 nitrogen and oxygen atoms in total. The third-order valence-electron chi connectivity index (χ3n) is 3.56. The van der Waals surface area contributed by atoms with Crippen LogP contribution in [0.1, 0.15) is 5.69 Å². The number of carbonyl (C=O) groups excluding carboxylic acids is 1. The van der Waals surface area contributed by atoms with Crippen LogP contribution in [0.5, 0.6) is 0 Å². The van der Waals surface area contributed by atoms with Gasteiger partial charge in [0.05, 0.1) is 17.9 Å². The second-order valence-electron chi connectivity index (χ2n) is 5.46. The Balaban J connectivity index is 1.60. The number of hydrogen-bond donors (Lipinski definition) is 4. The van der Waals surface area contributed by atoms with Crippen molar-refractivity contribution in [3.8, 4) is 0 Å². The van der Waals surface area contributed by atoms with Crippen LogP contribution in [0.2, 0.25) is 0 Å². The van der Waals surface area contributed by atoms with Crippen LogP contribution < -0.4 is 16.0 Å². The number of anilines is 4. The summed E-state index contributed by atoms with van der Waals surface area (Å²) in [6.07, 6.45) is 5.42. The Labute approximate surface area is 164 Å². The van der Waals surface area contributed by atoms with E-state index in [1.54, 1.807) is 30.9 Å². The van der Waals surface area contributed by atoms with Crippen LogP contribution in [0, 0.1) is 0 Å². The fourth-order valence-electron chi connectivity index (χ4n) is 2.22. The molecule has 3 rings (SSSR count). The van der Waals surface area contributed by atoms with Crippen molar-refractivity contribution in [1.29, 1.82) is 0 Å². The molecule has 0 spiro atoms. The quantitative estimate of drug-likeness (QED) is 0.451. The molecule has 1 aromatic carbocycles. The maximum atomic E-state index is 11.2. The van der Waals surface area contributed by atoms with Gasteiger partial charge in [-0.1, -0.05) is 0 Å². The zero-order valence-corrected chi connectivity index (χ0v) is 16.1. The monoisotopic (exact) mass is 431 g/mol. The lowest BCUT2D eigenvalue weighted by Crippen LogP contribution is -2.10. The summed E-state index contributed by atoms with van der Waals surface area (Å²) in [7, 11) is 1.32. The second-order valence-corrected chi connectivity index (χ2v) is 6.32. The van der Waals surface area contributed by atoms with Gasteiger partial charge < -0.3 is 20.4 Å². The van der Waals surface area contributed by atoms with Crippen LogP contribution in [0.3, 0.4) is 0 Å². The molecule has 0 aliphatic heterocycles. The number of benzene rings is 1. The van der Waals surface area contributed by atoms with E-state index in [2.05, 4.69) is 56.6 Å². The number of carbonyl (C=O) groups is 1. The van der Waals surface area contributed by atoms with Gasteiger partial charge >= 0.3 is 6.09 Å². The van der Waals surface area contributed by atoms with Gasteiger partial charge in [0.1, 0.15) is 5.82 Å². The summed E-state index contributed by atoms with van der Waals surface area (Å²) in [5, 5.41) is 8.98. The molecular weight excluding hydrogens is 414 g/mol. The topological polar surface area (TPSA) is 117 Å². The Morgan fingerprint density at radius 1 is 1.22 bits per heavy atom. The van der Waals surface area contributed by atoms with Crippen molar-refractivity contribution in [3.63, 3.8) is 0 Å². The summed E-state index contributed by atoms with van der Waals surface area (Å²) < 4.78 is 5.33. The number of rotatable bonds is 7. The summed E-state index contributed by atoms with van der Waals surface area (Å²) in [6, 6.07) is 7.12. The molecule has 4 N–H and O–H groups in total. The van der Waals surface area contributed by atoms with Gasteiger partial charge in [-0.3, -0.25) is 5.32 Å². The molecule has 1 amide bonds. The second kappa shape index (κ2) is 8.99. The molecule has 0 bridgehead atoms. The van der Waals surface area contributed by atoms with E-state index >= 15 is 0 Å². The molecule has 0 radical (unpaired) electrons. The zero-order chi connectivity index (χ0) is 19.1. The number of amides is 1. The van der Waals surface area contributed by atoms with Crippen molar-refractivity contribution in [3.05, 3.63) is 53.2 Å². The highest BCUT2D eigenvalue weighted by Crippen LogP contribution is 2.22. The average Bonchev–Trinajstić information content (AvgIpc) is 3.19. The molecule has 3 aromatic rings. The van der Waals surface area contributed by atoms with E-state index in [0.29, 0.717) is 24.0 Å². The molecule has 0 atom stereocenters. The first-order valence-corrected chi connectivity index (χ1v) is 8.89. The van der Waals surface area contributed by atoms with Crippen molar-refractivity contribution in [2.24, 2.45) is 0 Å². The van der Waals surface area contributed by atoms with Gasteiger partial charge in [-0.25, -0.2) is 14.8 Å². The minimum absolute atomic E-state index is 0.455. The van der Waals surface area contributed by atoms with Crippen molar-refractivity contribution in [2.45, 2.75) is 6.42 Å². The third kappa shape index (κ3) is 5.42. The number of hydrogen-bond acceptors (Lipinski definition) is 7. The van der Waals surface area contributed by atoms with Crippen molar-refractivity contribution in [2.75, 3.05) is 29.6 Å². The fourth-order valence-corrected chi connectivity index (χ4v) is 2.55. The Morgan fingerprint density at radius 2 is 2.00 bits per heavy atom. The Kier molecular flexibility index (Phi) is 6.21. The van der Waals surface area contributed by atoms with E-state index in [0.717, 1.165) is 22.3 Å². The van der Waals surface area contributed by atoms with E-state index in [9.17, 15) is 4.79 Å². The van der Waals surface area contributed by atoms with Gasteiger partial charge in [0.2, 0.25) is 5.95 Å². The van der Waals surface area contributed by atoms with E-state index in [-0.39, 0.29) is 0 Å². The summed E-state index contributed by atoms with van der Waals surface area (Å²) >= 11 is 3.45. The van der Waals surface area contributed by atoms with Crippen LogP contribution in [-0.4, -0.2) is 39.7 Å². The molecule has 10 heteroatoms. The summed E-state index contributed by atoms with van der Waals surface area (Å²) in [4.78, 5) is 27.0. The van der Waals surface area contributed by atoms with Gasteiger partial charge in [-0.15, -0.1) is 0 Å². The molecule has 27 heavy (non-hydrogen) atoms. The highest BCUT2D eigenvalue weighted by Gasteiger charge is 2.06. The van der Waals surface area contributed by atoms with Crippen LogP contribution in [0.4, 0.5) is 27.9 Å². The van der Waals surface area contributed by atoms with Crippen molar-refractivity contribution in [1.82, 2.24) is 19.9 Å². The molecular formula is C17H18BrN7O2. The first kappa shape index (κ1) is 18.6. The lowest BCUT2D eigenvalue weighted by molar-refractivity contribution is 0.187. The number of nitrogens with one attached hydrogen (secondary N) is 4. The molecule has 0 unspecified atom stereocenters. The lowest BCUT2D eigenvalue weighted by Gasteiger charge is -2.10. The van der Waals surface area contributed by atoms with Gasteiger partial charge in [0.15, 0.2) is 0 Å². The highest BCUT2D eigenvalue weighted by atomic mass is 79.9. The van der Waals surface area contributed by atoms with Crippen LogP contribution in [-0.2, 0) is 11.2 Å². The smallest absolute Gasteiger partial charge is 0.411 e. The average molecular weight is 432 g/mol. The van der Waals surface area contributed by atoms with E-state index in [1.807, 2.05) is 12.1 Å². The lowest BCUT2D eigenvalue weighted by atomic mass is 10.3. The van der Waals surface area contributed by atoms with E-state index in [1.165, 1.54) is 7.11 Å². The normalized spacial score (nSPS) is 10.3. The van der Waals surface area contributed by atoms with Crippen LogP contribution >= 0.6 is 15.9 Å². The number of nitrogens with zero attached hydrogens (tertiary/aromatic N) is 3. The number of ether oxygens (including phenoxy) is 1. The maximum absolute atomic E-state index is 11.2. The summed E-state index contributed by atoms with van der Waals surface area (Å²) in [6.45, 7) is 0.700. The van der Waals surface area contributed by atoms with Crippen molar-refractivity contribution < 1.29 is 9.53 Å². The minimum Gasteiger partial charge on any atom is -0.453 e. The predicted octanol–water partition coefficient (Wildman–Crippen LogP) is 3.54. The number of aromatic amines is 1. The van der Waals surface area contributed by atoms with Gasteiger partial charge in [-0.2, -0.15) is 4.98 Å². The van der Waals surface area contributed by atoms with Gasteiger partial charge in [0.25, 0.3) is 0 Å². The Hall–Kier alpha value is -3.14. The number of aromatic nitrogens is 4. The molecule has 2 aromatic heterocycles. The summed E-state index contributed by atoms with van der Waals surface area (Å²) in [5.41, 5.74) is 2.47. The number of halogens is 1. The molecule has 0 fully saturated rings. The van der Waals surface area contributed by atoms with Gasteiger partial charge in [-0.05, 0) is 40.2 Å². The molecule has 0 aliphatic carbocycles. The fraction of sp³-hybridized carbons (Fsp3) is 0.176. The Bertz CT molecular complexity index is 885. The maximum Gasteiger partial charge on any atom is 0.411 e. The van der Waals surface area contributed by atoms with E-state index in [4.69, 9.17) is 0 Å². The van der Waals surface area contributed by atoms with E-state index < -0.39 is 6.09 Å². The molecule has 0 saturated carbocycles. The number of imidazole rings is 1. The zero-order valence-electron chi connectivity index (χ0n) is 14.5. The van der Waals surface area contributed by atoms with Crippen molar-refractivity contribution >= 4 is 45.2 Å². The largest absolute Gasteiger partial charge is 0.453 e. The molecule has 0 saturated heterocycles. The SMILES string of the molecule is COC(=O)Nc1ccc(Nc2ncc(Br)c(NCCc3cnc[nH]3)n2)cc1. The van der Waals surface area contributed by atoms with Crippen LogP contribution in [0.25, 0.3) is 0 Å². The standard InChI is InChI=1S/C17H18BrN7O2/c1-27-17(26)24-12-4-2-11(3-5-12)23-16-21-9-14(18)15(25-16)20-7-6-13-8-19-10-22-13/h2-5,8-10H,6-7H2,1H3,(H,19,22)(H,24,26)(H2,20,21,23,25). The molecule has 2 heterocycles. The first-order chi connectivity index (χ1) is 13.1. The first-order valence-electron chi connectivity index (χ1n) is 8.10. The third-order valence-corrected chi connectivity index (χ3v) is 4.14. The predicted molar refractivity (Wildman–Crippen MR) is 106 cm³/mol.